The number of ether oxygens (including phenoxy) is 2. The maximum atomic E-state index is 11.2. The van der Waals surface area contributed by atoms with Crippen LogP contribution in [0.1, 0.15) is 10.4 Å². The van der Waals surface area contributed by atoms with Gasteiger partial charge < -0.3 is 19.5 Å². The maximum Gasteiger partial charge on any atom is 0.337 e. The highest BCUT2D eigenvalue weighted by atomic mass is 79.9. The van der Waals surface area contributed by atoms with E-state index in [0.29, 0.717) is 18.8 Å². The normalized spacial score (nSPS) is 17.4. The van der Waals surface area contributed by atoms with Crippen LogP contribution in [0.25, 0.3) is 0 Å². The lowest BCUT2D eigenvalue weighted by molar-refractivity contribution is -0.219. The zero-order valence-electron chi connectivity index (χ0n) is 10.1. The van der Waals surface area contributed by atoms with Gasteiger partial charge in [-0.15, -0.1) is 0 Å². The van der Waals surface area contributed by atoms with Crippen LogP contribution < -0.4 is 4.90 Å². The zero-order valence-corrected chi connectivity index (χ0v) is 11.7. The van der Waals surface area contributed by atoms with Crippen molar-refractivity contribution in [2.45, 2.75) is 5.79 Å². The zero-order chi connectivity index (χ0) is 13.3. The molecule has 5 nitrogen and oxygen atoms in total. The summed E-state index contributed by atoms with van der Waals surface area (Å²) in [7, 11) is 3.16. The SMILES string of the molecule is COC1(OC)CN(c2c(Br)cccc2C(=O)O)C1. The molecule has 1 aliphatic rings. The minimum Gasteiger partial charge on any atom is -0.478 e. The van der Waals surface area contributed by atoms with Crippen LogP contribution in [0.2, 0.25) is 0 Å². The van der Waals surface area contributed by atoms with E-state index in [-0.39, 0.29) is 5.56 Å². The number of carboxylic acids is 1. The van der Waals surface area contributed by atoms with Crippen molar-refractivity contribution >= 4 is 27.6 Å². The number of hydrogen-bond acceptors (Lipinski definition) is 4. The van der Waals surface area contributed by atoms with Crippen LogP contribution in [0.5, 0.6) is 0 Å². The van der Waals surface area contributed by atoms with E-state index < -0.39 is 11.8 Å². The monoisotopic (exact) mass is 315 g/mol. The van der Waals surface area contributed by atoms with Gasteiger partial charge in [0, 0.05) is 18.7 Å². The number of halogens is 1. The summed E-state index contributed by atoms with van der Waals surface area (Å²) in [4.78, 5) is 13.1. The number of methoxy groups -OCH3 is 2. The van der Waals surface area contributed by atoms with Crippen molar-refractivity contribution < 1.29 is 19.4 Å². The molecule has 0 bridgehead atoms. The molecule has 98 valence electrons. The summed E-state index contributed by atoms with van der Waals surface area (Å²) >= 11 is 3.39. The third kappa shape index (κ3) is 2.11. The van der Waals surface area contributed by atoms with Crippen LogP contribution in [0.3, 0.4) is 0 Å². The van der Waals surface area contributed by atoms with E-state index >= 15 is 0 Å². The molecule has 2 rings (SSSR count). The molecule has 1 heterocycles. The summed E-state index contributed by atoms with van der Waals surface area (Å²) in [5.41, 5.74) is 0.930. The maximum absolute atomic E-state index is 11.2. The predicted molar refractivity (Wildman–Crippen MR) is 70.1 cm³/mol. The van der Waals surface area contributed by atoms with Crippen LogP contribution in [0.15, 0.2) is 22.7 Å². The van der Waals surface area contributed by atoms with Crippen molar-refractivity contribution in [2.75, 3.05) is 32.2 Å². The number of rotatable bonds is 4. The average Bonchev–Trinajstić information content (AvgIpc) is 2.30. The van der Waals surface area contributed by atoms with Gasteiger partial charge in [-0.25, -0.2) is 4.79 Å². The molecule has 0 aliphatic carbocycles. The minimum atomic E-state index is -0.946. The molecule has 0 amide bonds. The smallest absolute Gasteiger partial charge is 0.337 e. The number of nitrogens with zero attached hydrogens (tertiary/aromatic N) is 1. The van der Waals surface area contributed by atoms with Crippen LogP contribution in [-0.2, 0) is 9.47 Å². The van der Waals surface area contributed by atoms with Gasteiger partial charge >= 0.3 is 5.97 Å². The Labute approximate surface area is 113 Å². The van der Waals surface area contributed by atoms with E-state index in [9.17, 15) is 9.90 Å². The second kappa shape index (κ2) is 4.87. The topological polar surface area (TPSA) is 59.0 Å². The van der Waals surface area contributed by atoms with Gasteiger partial charge in [-0.2, -0.15) is 0 Å². The Morgan fingerprint density at radius 3 is 2.50 bits per heavy atom. The summed E-state index contributed by atoms with van der Waals surface area (Å²) in [6.07, 6.45) is 0. The highest BCUT2D eigenvalue weighted by Gasteiger charge is 2.45. The van der Waals surface area contributed by atoms with Crippen LogP contribution in [0, 0.1) is 0 Å². The summed E-state index contributed by atoms with van der Waals surface area (Å²) < 4.78 is 11.3. The third-order valence-corrected chi connectivity index (χ3v) is 3.78. The number of hydrogen-bond donors (Lipinski definition) is 1. The van der Waals surface area contributed by atoms with Gasteiger partial charge in [-0.3, -0.25) is 0 Å². The second-order valence-corrected chi connectivity index (χ2v) is 4.97. The van der Waals surface area contributed by atoms with Crippen molar-refractivity contribution in [1.82, 2.24) is 0 Å². The number of benzene rings is 1. The van der Waals surface area contributed by atoms with Gasteiger partial charge in [0.2, 0.25) is 5.79 Å². The Balaban J connectivity index is 2.29. The molecule has 0 unspecified atom stereocenters. The van der Waals surface area contributed by atoms with Gasteiger partial charge in [0.25, 0.3) is 0 Å². The molecule has 1 aromatic carbocycles. The fourth-order valence-corrected chi connectivity index (χ4v) is 2.66. The van der Waals surface area contributed by atoms with Crippen molar-refractivity contribution in [2.24, 2.45) is 0 Å². The Morgan fingerprint density at radius 1 is 1.39 bits per heavy atom. The predicted octanol–water partition coefficient (Wildman–Crippen LogP) is 1.96. The van der Waals surface area contributed by atoms with Crippen LogP contribution >= 0.6 is 15.9 Å². The van der Waals surface area contributed by atoms with Crippen molar-refractivity contribution in [3.05, 3.63) is 28.2 Å². The summed E-state index contributed by atoms with van der Waals surface area (Å²) in [6.45, 7) is 1.01. The van der Waals surface area contributed by atoms with Crippen LogP contribution in [0.4, 0.5) is 5.69 Å². The van der Waals surface area contributed by atoms with Gasteiger partial charge in [0.1, 0.15) is 0 Å². The van der Waals surface area contributed by atoms with Gasteiger partial charge in [-0.05, 0) is 28.1 Å². The summed E-state index contributed by atoms with van der Waals surface area (Å²) in [5, 5.41) is 9.19. The second-order valence-electron chi connectivity index (χ2n) is 4.12. The molecular formula is C12H14BrNO4. The number of para-hydroxylation sites is 1. The lowest BCUT2D eigenvalue weighted by Crippen LogP contribution is -2.64. The number of carbonyl (C=O) groups is 1. The Hall–Kier alpha value is -1.11. The van der Waals surface area contributed by atoms with E-state index in [1.54, 1.807) is 26.4 Å². The molecule has 0 spiro atoms. The fourth-order valence-electron chi connectivity index (χ4n) is 2.04. The Bertz CT molecular complexity index is 465. The first-order chi connectivity index (χ1) is 8.53. The molecule has 6 heteroatoms. The number of aromatic carboxylic acids is 1. The first-order valence-corrected chi connectivity index (χ1v) is 6.19. The van der Waals surface area contributed by atoms with Crippen molar-refractivity contribution in [1.29, 1.82) is 0 Å². The lowest BCUT2D eigenvalue weighted by atomic mass is 10.0. The van der Waals surface area contributed by atoms with E-state index in [4.69, 9.17) is 9.47 Å². The highest BCUT2D eigenvalue weighted by molar-refractivity contribution is 9.10. The van der Waals surface area contributed by atoms with E-state index in [1.165, 1.54) is 0 Å². The van der Waals surface area contributed by atoms with Gasteiger partial charge in [-0.1, -0.05) is 6.07 Å². The van der Waals surface area contributed by atoms with E-state index in [1.807, 2.05) is 11.0 Å². The molecule has 18 heavy (non-hydrogen) atoms. The first kappa shape index (κ1) is 13.3. The summed E-state index contributed by atoms with van der Waals surface area (Å²) in [6, 6.07) is 5.11. The molecule has 1 aliphatic heterocycles. The van der Waals surface area contributed by atoms with Gasteiger partial charge in [0.05, 0.1) is 24.3 Å². The molecule has 0 atom stereocenters. The van der Waals surface area contributed by atoms with Crippen molar-refractivity contribution in [3.63, 3.8) is 0 Å². The standard InChI is InChI=1S/C12H14BrNO4/c1-17-12(18-2)6-14(7-12)10-8(11(15)16)4-3-5-9(10)13/h3-5H,6-7H2,1-2H3,(H,15,16). The fraction of sp³-hybridized carbons (Fsp3) is 0.417. The molecule has 1 fully saturated rings. The Morgan fingerprint density at radius 2 is 2.00 bits per heavy atom. The quantitative estimate of drug-likeness (QED) is 0.861. The highest BCUT2D eigenvalue weighted by Crippen LogP contribution is 2.37. The molecule has 0 aromatic heterocycles. The minimum absolute atomic E-state index is 0.269. The van der Waals surface area contributed by atoms with Crippen molar-refractivity contribution in [3.8, 4) is 0 Å². The number of carboxylic acid groups (broad SMARTS) is 1. The summed E-state index contributed by atoms with van der Waals surface area (Å²) in [5.74, 6) is -1.58. The van der Waals surface area contributed by atoms with E-state index in [0.717, 1.165) is 4.47 Å². The van der Waals surface area contributed by atoms with E-state index in [2.05, 4.69) is 15.9 Å². The molecule has 1 aromatic rings. The first-order valence-electron chi connectivity index (χ1n) is 5.40. The molecule has 1 N–H and O–H groups in total. The third-order valence-electron chi connectivity index (χ3n) is 3.14. The Kier molecular flexibility index (Phi) is 3.61. The average molecular weight is 316 g/mol. The van der Waals surface area contributed by atoms with Gasteiger partial charge in [0.15, 0.2) is 0 Å². The molecule has 0 radical (unpaired) electrons. The number of anilines is 1. The lowest BCUT2D eigenvalue weighted by Gasteiger charge is -2.49. The molecule has 0 saturated carbocycles. The molecule has 1 saturated heterocycles. The largest absolute Gasteiger partial charge is 0.478 e. The molecular weight excluding hydrogens is 302 g/mol. The van der Waals surface area contributed by atoms with Crippen LogP contribution in [-0.4, -0.2) is 44.2 Å².